The summed E-state index contributed by atoms with van der Waals surface area (Å²) in [6.45, 7) is 4.54. The van der Waals surface area contributed by atoms with Gasteiger partial charge in [0.2, 0.25) is 0 Å². The topological polar surface area (TPSA) is 64.1 Å². The number of benzene rings is 7. The van der Waals surface area contributed by atoms with Gasteiger partial charge in [0.1, 0.15) is 22.7 Å². The van der Waals surface area contributed by atoms with Gasteiger partial charge in [0, 0.05) is 45.1 Å². The monoisotopic (exact) mass is 723 g/mol. The number of imidazole rings is 1. The molecule has 0 aliphatic carbocycles. The zero-order valence-electron chi connectivity index (χ0n) is 31.0. The van der Waals surface area contributed by atoms with Gasteiger partial charge in [0.05, 0.1) is 28.0 Å². The predicted octanol–water partition coefficient (Wildman–Crippen LogP) is 13.0. The SMILES string of the molecule is CC(C)(c1ccccc1)c1cc(-c2cc3oc4ccccc4c3cn2)cc(-c2cccc3c2nc(-c2ccccc2O)n3-c2ccccc2-c2ccccc2)c1. The summed E-state index contributed by atoms with van der Waals surface area (Å²) in [5.41, 5.74) is 13.0. The van der Waals surface area contributed by atoms with Gasteiger partial charge in [-0.25, -0.2) is 4.98 Å². The first-order chi connectivity index (χ1) is 27.4. The number of phenolic OH excluding ortho intramolecular Hbond substituents is 1. The van der Waals surface area contributed by atoms with Gasteiger partial charge >= 0.3 is 0 Å². The van der Waals surface area contributed by atoms with Crippen molar-refractivity contribution in [2.45, 2.75) is 19.3 Å². The van der Waals surface area contributed by atoms with Crippen LogP contribution in [0.15, 0.2) is 187 Å². The van der Waals surface area contributed by atoms with E-state index >= 15 is 0 Å². The molecule has 10 aromatic rings. The molecule has 56 heavy (non-hydrogen) atoms. The van der Waals surface area contributed by atoms with Crippen molar-refractivity contribution in [3.8, 4) is 56.3 Å². The predicted molar refractivity (Wildman–Crippen MR) is 228 cm³/mol. The van der Waals surface area contributed by atoms with Crippen LogP contribution in [0, 0.1) is 0 Å². The Bertz CT molecular complexity index is 3070. The number of rotatable bonds is 7. The van der Waals surface area contributed by atoms with Crippen LogP contribution in [-0.4, -0.2) is 19.6 Å². The molecule has 5 heteroatoms. The van der Waals surface area contributed by atoms with E-state index < -0.39 is 0 Å². The fourth-order valence-electron chi connectivity index (χ4n) is 8.04. The van der Waals surface area contributed by atoms with Crippen molar-refractivity contribution in [1.82, 2.24) is 14.5 Å². The lowest BCUT2D eigenvalue weighted by molar-refractivity contribution is 0.477. The van der Waals surface area contributed by atoms with E-state index in [1.165, 1.54) is 5.56 Å². The number of aromatic hydroxyl groups is 1. The molecule has 0 aliphatic rings. The Balaban J connectivity index is 1.23. The van der Waals surface area contributed by atoms with Gasteiger partial charge in [-0.2, -0.15) is 0 Å². The third-order valence-corrected chi connectivity index (χ3v) is 11.1. The van der Waals surface area contributed by atoms with Gasteiger partial charge in [-0.15, -0.1) is 0 Å². The van der Waals surface area contributed by atoms with E-state index in [9.17, 15) is 5.11 Å². The van der Waals surface area contributed by atoms with Crippen molar-refractivity contribution >= 4 is 33.0 Å². The Morgan fingerprint density at radius 2 is 1.21 bits per heavy atom. The third-order valence-electron chi connectivity index (χ3n) is 11.1. The average Bonchev–Trinajstić information content (AvgIpc) is 3.83. The lowest BCUT2D eigenvalue weighted by Crippen LogP contribution is -2.19. The highest BCUT2D eigenvalue weighted by atomic mass is 16.3. The number of hydrogen-bond acceptors (Lipinski definition) is 4. The third kappa shape index (κ3) is 5.56. The van der Waals surface area contributed by atoms with Gasteiger partial charge in [-0.1, -0.05) is 141 Å². The number of pyridine rings is 1. The van der Waals surface area contributed by atoms with Crippen LogP contribution in [0.1, 0.15) is 25.0 Å². The molecule has 3 heterocycles. The summed E-state index contributed by atoms with van der Waals surface area (Å²) in [6.07, 6.45) is 1.93. The van der Waals surface area contributed by atoms with E-state index in [0.29, 0.717) is 11.4 Å². The number of hydrogen-bond donors (Lipinski definition) is 1. The summed E-state index contributed by atoms with van der Waals surface area (Å²) in [5, 5.41) is 13.3. The molecular weight excluding hydrogens is 687 g/mol. The molecule has 0 radical (unpaired) electrons. The highest BCUT2D eigenvalue weighted by Crippen LogP contribution is 2.42. The molecule has 0 amide bonds. The first-order valence-electron chi connectivity index (χ1n) is 18.9. The summed E-state index contributed by atoms with van der Waals surface area (Å²) >= 11 is 0. The van der Waals surface area contributed by atoms with Crippen LogP contribution in [-0.2, 0) is 5.41 Å². The molecule has 0 aliphatic heterocycles. The maximum Gasteiger partial charge on any atom is 0.149 e. The van der Waals surface area contributed by atoms with E-state index in [1.807, 2.05) is 48.7 Å². The van der Waals surface area contributed by atoms with Crippen LogP contribution in [0.4, 0.5) is 0 Å². The number of furan rings is 1. The molecule has 0 saturated heterocycles. The van der Waals surface area contributed by atoms with E-state index in [0.717, 1.165) is 77.7 Å². The van der Waals surface area contributed by atoms with Gasteiger partial charge < -0.3 is 9.52 Å². The smallest absolute Gasteiger partial charge is 0.149 e. The highest BCUT2D eigenvalue weighted by Gasteiger charge is 2.26. The molecule has 0 atom stereocenters. The first kappa shape index (κ1) is 33.3. The Kier molecular flexibility index (Phi) is 7.89. The average molecular weight is 724 g/mol. The van der Waals surface area contributed by atoms with Crippen LogP contribution in [0.2, 0.25) is 0 Å². The fraction of sp³-hybridized carbons (Fsp3) is 0.0588. The fourth-order valence-corrected chi connectivity index (χ4v) is 8.04. The number of fused-ring (bicyclic) bond motifs is 4. The Labute approximate surface area is 324 Å². The molecule has 10 rings (SSSR count). The van der Waals surface area contributed by atoms with Crippen LogP contribution in [0.5, 0.6) is 5.75 Å². The van der Waals surface area contributed by atoms with Gasteiger partial charge in [-0.05, 0) is 64.7 Å². The van der Waals surface area contributed by atoms with E-state index in [-0.39, 0.29) is 11.2 Å². The van der Waals surface area contributed by atoms with Crippen molar-refractivity contribution in [2.24, 2.45) is 0 Å². The Hall–Kier alpha value is -7.24. The van der Waals surface area contributed by atoms with E-state index in [4.69, 9.17) is 14.4 Å². The number of nitrogens with zero attached hydrogens (tertiary/aromatic N) is 3. The quantitative estimate of drug-likeness (QED) is 0.178. The molecule has 7 aromatic carbocycles. The molecular formula is C51H37N3O2. The first-order valence-corrected chi connectivity index (χ1v) is 18.9. The minimum absolute atomic E-state index is 0.170. The normalized spacial score (nSPS) is 11.8. The molecule has 3 aromatic heterocycles. The summed E-state index contributed by atoms with van der Waals surface area (Å²) in [7, 11) is 0. The summed E-state index contributed by atoms with van der Waals surface area (Å²) in [5.74, 6) is 0.829. The molecule has 268 valence electrons. The molecule has 1 N–H and O–H groups in total. The second-order valence-corrected chi connectivity index (χ2v) is 14.8. The summed E-state index contributed by atoms with van der Waals surface area (Å²) in [6, 6.07) is 60.1. The largest absolute Gasteiger partial charge is 0.507 e. The minimum Gasteiger partial charge on any atom is -0.507 e. The van der Waals surface area contributed by atoms with Crippen LogP contribution in [0.3, 0.4) is 0 Å². The second kappa shape index (κ2) is 13.3. The van der Waals surface area contributed by atoms with Crippen LogP contribution < -0.4 is 0 Å². The summed E-state index contributed by atoms with van der Waals surface area (Å²) in [4.78, 5) is 10.5. The highest BCUT2D eigenvalue weighted by molar-refractivity contribution is 6.05. The van der Waals surface area contributed by atoms with Crippen LogP contribution in [0.25, 0.3) is 83.6 Å². The van der Waals surface area contributed by atoms with Crippen molar-refractivity contribution in [3.63, 3.8) is 0 Å². The van der Waals surface area contributed by atoms with Crippen LogP contribution >= 0.6 is 0 Å². The van der Waals surface area contributed by atoms with E-state index in [2.05, 4.69) is 146 Å². The number of phenols is 1. The van der Waals surface area contributed by atoms with Crippen molar-refractivity contribution in [3.05, 3.63) is 193 Å². The van der Waals surface area contributed by atoms with Gasteiger partial charge in [-0.3, -0.25) is 9.55 Å². The molecule has 5 nitrogen and oxygen atoms in total. The van der Waals surface area contributed by atoms with Crippen molar-refractivity contribution in [1.29, 1.82) is 0 Å². The molecule has 0 fully saturated rings. The Morgan fingerprint density at radius 3 is 2.04 bits per heavy atom. The van der Waals surface area contributed by atoms with Gasteiger partial charge in [0.15, 0.2) is 0 Å². The number of para-hydroxylation sites is 4. The molecule has 0 unspecified atom stereocenters. The summed E-state index contributed by atoms with van der Waals surface area (Å²) < 4.78 is 8.52. The molecule has 0 saturated carbocycles. The molecule has 0 spiro atoms. The van der Waals surface area contributed by atoms with E-state index in [1.54, 1.807) is 6.07 Å². The zero-order valence-corrected chi connectivity index (χ0v) is 31.0. The second-order valence-electron chi connectivity index (χ2n) is 14.8. The van der Waals surface area contributed by atoms with Crippen molar-refractivity contribution < 1.29 is 9.52 Å². The lowest BCUT2D eigenvalue weighted by atomic mass is 9.76. The minimum atomic E-state index is -0.335. The zero-order chi connectivity index (χ0) is 37.8. The molecule has 0 bridgehead atoms. The number of aromatic nitrogens is 3. The van der Waals surface area contributed by atoms with Crippen molar-refractivity contribution in [2.75, 3.05) is 0 Å². The maximum atomic E-state index is 11.3. The van der Waals surface area contributed by atoms with Gasteiger partial charge in [0.25, 0.3) is 0 Å². The maximum absolute atomic E-state index is 11.3. The lowest BCUT2D eigenvalue weighted by Gasteiger charge is -2.27. The Morgan fingerprint density at radius 1 is 0.536 bits per heavy atom. The standard InChI is InChI=1S/C51H37N3O2/c1-51(2,36-18-7-4-8-19-36)37-29-34(28-35(30-37)43-31-48-42(32-52-43)40-21-11-14-27-47(40)56-48)39-23-15-25-45-49(39)53-50(41-22-10-13-26-46(41)55)54(45)44-24-12-9-20-38(44)33-16-5-3-6-17-33/h3-32,55H,1-2H3.